The zero-order valence-corrected chi connectivity index (χ0v) is 9.21. The minimum Gasteiger partial charge on any atom is -0.466 e. The molecule has 0 aliphatic rings. The highest BCUT2D eigenvalue weighted by Crippen LogP contribution is 1.99. The number of esters is 1. The van der Waals surface area contributed by atoms with E-state index in [-0.39, 0.29) is 24.7 Å². The summed E-state index contributed by atoms with van der Waals surface area (Å²) in [5.41, 5.74) is 0. The highest BCUT2D eigenvalue weighted by atomic mass is 16.5. The summed E-state index contributed by atoms with van der Waals surface area (Å²) in [6, 6.07) is 0. The average Bonchev–Trinajstić information content (AvgIpc) is 2.17. The summed E-state index contributed by atoms with van der Waals surface area (Å²) in [6.07, 6.45) is 0.434. The van der Waals surface area contributed by atoms with Gasteiger partial charge in [0, 0.05) is 19.5 Å². The molecule has 0 unspecified atom stereocenters. The zero-order chi connectivity index (χ0) is 11.0. The van der Waals surface area contributed by atoms with E-state index in [0.29, 0.717) is 19.7 Å². The molecule has 0 rings (SSSR count). The van der Waals surface area contributed by atoms with E-state index < -0.39 is 0 Å². The summed E-state index contributed by atoms with van der Waals surface area (Å²) in [7, 11) is 0. The number of rotatable bonds is 6. The molecule has 14 heavy (non-hydrogen) atoms. The summed E-state index contributed by atoms with van der Waals surface area (Å²) in [6.45, 7) is 7.36. The maximum Gasteiger partial charge on any atom is 0.306 e. The van der Waals surface area contributed by atoms with Crippen LogP contribution in [0.25, 0.3) is 0 Å². The SMILES string of the molecule is CCOC(=O)CCC(=O)N(CC)CC. The van der Waals surface area contributed by atoms with E-state index in [1.54, 1.807) is 11.8 Å². The third kappa shape index (κ3) is 4.84. The summed E-state index contributed by atoms with van der Waals surface area (Å²) in [5.74, 6) is -0.281. The maximum atomic E-state index is 11.4. The molecule has 0 fully saturated rings. The van der Waals surface area contributed by atoms with Gasteiger partial charge in [0.25, 0.3) is 0 Å². The van der Waals surface area contributed by atoms with Gasteiger partial charge in [0.2, 0.25) is 5.91 Å². The van der Waals surface area contributed by atoms with Crippen LogP contribution in [-0.2, 0) is 14.3 Å². The largest absolute Gasteiger partial charge is 0.466 e. The first kappa shape index (κ1) is 12.9. The lowest BCUT2D eigenvalue weighted by Crippen LogP contribution is -2.30. The number of carbonyl (C=O) groups excluding carboxylic acids is 2. The Balaban J connectivity index is 3.77. The molecule has 0 atom stereocenters. The van der Waals surface area contributed by atoms with E-state index in [1.165, 1.54) is 0 Å². The van der Waals surface area contributed by atoms with Crippen molar-refractivity contribution in [2.75, 3.05) is 19.7 Å². The van der Waals surface area contributed by atoms with Crippen LogP contribution in [0.3, 0.4) is 0 Å². The van der Waals surface area contributed by atoms with Crippen LogP contribution in [0.4, 0.5) is 0 Å². The van der Waals surface area contributed by atoms with Crippen molar-refractivity contribution in [2.45, 2.75) is 33.6 Å². The van der Waals surface area contributed by atoms with E-state index in [4.69, 9.17) is 4.74 Å². The molecule has 0 spiro atoms. The van der Waals surface area contributed by atoms with Gasteiger partial charge in [-0.25, -0.2) is 0 Å². The van der Waals surface area contributed by atoms with Gasteiger partial charge in [-0.3, -0.25) is 9.59 Å². The molecule has 82 valence electrons. The van der Waals surface area contributed by atoms with E-state index >= 15 is 0 Å². The predicted octanol–water partition coefficient (Wildman–Crippen LogP) is 1.20. The minimum atomic E-state index is -0.298. The van der Waals surface area contributed by atoms with E-state index in [1.807, 2.05) is 13.8 Å². The highest BCUT2D eigenvalue weighted by Gasteiger charge is 2.11. The Hall–Kier alpha value is -1.06. The van der Waals surface area contributed by atoms with Crippen LogP contribution >= 0.6 is 0 Å². The molecule has 0 aliphatic carbocycles. The van der Waals surface area contributed by atoms with Gasteiger partial charge in [0.15, 0.2) is 0 Å². The Morgan fingerprint density at radius 1 is 1.07 bits per heavy atom. The normalized spacial score (nSPS) is 9.64. The molecule has 0 aliphatic heterocycles. The lowest BCUT2D eigenvalue weighted by Gasteiger charge is -2.17. The van der Waals surface area contributed by atoms with Crippen molar-refractivity contribution in [1.82, 2.24) is 4.90 Å². The van der Waals surface area contributed by atoms with Crippen molar-refractivity contribution >= 4 is 11.9 Å². The fourth-order valence-electron chi connectivity index (χ4n) is 1.18. The second kappa shape index (κ2) is 7.35. The van der Waals surface area contributed by atoms with Crippen molar-refractivity contribution in [1.29, 1.82) is 0 Å². The van der Waals surface area contributed by atoms with Gasteiger partial charge in [-0.05, 0) is 20.8 Å². The molecule has 0 saturated heterocycles. The van der Waals surface area contributed by atoms with Crippen LogP contribution in [0.2, 0.25) is 0 Å². The molecular weight excluding hydrogens is 182 g/mol. The maximum absolute atomic E-state index is 11.4. The van der Waals surface area contributed by atoms with Crippen molar-refractivity contribution in [3.05, 3.63) is 0 Å². The summed E-state index contributed by atoms with van der Waals surface area (Å²) < 4.78 is 4.73. The van der Waals surface area contributed by atoms with Gasteiger partial charge in [-0.1, -0.05) is 0 Å². The topological polar surface area (TPSA) is 46.6 Å². The second-order valence-corrected chi connectivity index (χ2v) is 2.87. The number of hydrogen-bond donors (Lipinski definition) is 0. The van der Waals surface area contributed by atoms with Crippen molar-refractivity contribution < 1.29 is 14.3 Å². The minimum absolute atomic E-state index is 0.0167. The smallest absolute Gasteiger partial charge is 0.306 e. The molecule has 0 heterocycles. The molecule has 0 aromatic carbocycles. The number of ether oxygens (including phenoxy) is 1. The number of carbonyl (C=O) groups is 2. The summed E-state index contributed by atoms with van der Waals surface area (Å²) in [5, 5.41) is 0. The Bertz CT molecular complexity index is 188. The van der Waals surface area contributed by atoms with Crippen LogP contribution in [-0.4, -0.2) is 36.5 Å². The molecule has 0 N–H and O–H groups in total. The standard InChI is InChI=1S/C10H19NO3/c1-4-11(5-2)9(12)7-8-10(13)14-6-3/h4-8H2,1-3H3. The third-order valence-corrected chi connectivity index (χ3v) is 1.96. The van der Waals surface area contributed by atoms with Crippen LogP contribution in [0.5, 0.6) is 0 Å². The highest BCUT2D eigenvalue weighted by molar-refractivity contribution is 5.81. The molecular formula is C10H19NO3. The van der Waals surface area contributed by atoms with Crippen LogP contribution in [0, 0.1) is 0 Å². The summed E-state index contributed by atoms with van der Waals surface area (Å²) >= 11 is 0. The third-order valence-electron chi connectivity index (χ3n) is 1.96. The Kier molecular flexibility index (Phi) is 6.80. The molecule has 0 saturated carbocycles. The quantitative estimate of drug-likeness (QED) is 0.607. The monoisotopic (exact) mass is 201 g/mol. The van der Waals surface area contributed by atoms with Crippen molar-refractivity contribution in [3.8, 4) is 0 Å². The van der Waals surface area contributed by atoms with Gasteiger partial charge in [-0.2, -0.15) is 0 Å². The zero-order valence-electron chi connectivity index (χ0n) is 9.21. The molecule has 0 bridgehead atoms. The van der Waals surface area contributed by atoms with Gasteiger partial charge in [-0.15, -0.1) is 0 Å². The van der Waals surface area contributed by atoms with Gasteiger partial charge >= 0.3 is 5.97 Å². The second-order valence-electron chi connectivity index (χ2n) is 2.87. The van der Waals surface area contributed by atoms with Crippen molar-refractivity contribution in [2.24, 2.45) is 0 Å². The predicted molar refractivity (Wildman–Crippen MR) is 53.8 cm³/mol. The fourth-order valence-corrected chi connectivity index (χ4v) is 1.18. The molecule has 4 nitrogen and oxygen atoms in total. The van der Waals surface area contributed by atoms with Crippen LogP contribution in [0.1, 0.15) is 33.6 Å². The molecule has 0 radical (unpaired) electrons. The first-order chi connectivity index (χ1) is 6.65. The number of amides is 1. The van der Waals surface area contributed by atoms with E-state index in [2.05, 4.69) is 0 Å². The van der Waals surface area contributed by atoms with Gasteiger partial charge in [0.05, 0.1) is 13.0 Å². The fraction of sp³-hybridized carbons (Fsp3) is 0.800. The first-order valence-corrected chi connectivity index (χ1v) is 5.09. The Labute approximate surface area is 85.2 Å². The lowest BCUT2D eigenvalue weighted by atomic mass is 10.3. The molecule has 0 aromatic heterocycles. The molecule has 0 aromatic rings. The lowest BCUT2D eigenvalue weighted by molar-refractivity contribution is -0.145. The van der Waals surface area contributed by atoms with Crippen LogP contribution in [0.15, 0.2) is 0 Å². The number of nitrogens with zero attached hydrogens (tertiary/aromatic N) is 1. The summed E-state index contributed by atoms with van der Waals surface area (Å²) in [4.78, 5) is 24.1. The van der Waals surface area contributed by atoms with Crippen LogP contribution < -0.4 is 0 Å². The van der Waals surface area contributed by atoms with E-state index in [9.17, 15) is 9.59 Å². The molecule has 4 heteroatoms. The first-order valence-electron chi connectivity index (χ1n) is 5.09. The Morgan fingerprint density at radius 3 is 2.07 bits per heavy atom. The molecule has 1 amide bonds. The average molecular weight is 201 g/mol. The van der Waals surface area contributed by atoms with Gasteiger partial charge in [0.1, 0.15) is 0 Å². The van der Waals surface area contributed by atoms with Crippen molar-refractivity contribution in [3.63, 3.8) is 0 Å². The number of hydrogen-bond acceptors (Lipinski definition) is 3. The Morgan fingerprint density at radius 2 is 1.64 bits per heavy atom. The van der Waals surface area contributed by atoms with E-state index in [0.717, 1.165) is 0 Å². The van der Waals surface area contributed by atoms with Gasteiger partial charge < -0.3 is 9.64 Å².